The maximum Gasteiger partial charge on any atom is 0.333 e. The molecule has 0 saturated carbocycles. The molecule has 0 saturated heterocycles. The number of aromatic nitrogens is 2. The van der Waals surface area contributed by atoms with Gasteiger partial charge in [-0.15, -0.1) is 11.8 Å². The molecule has 0 fully saturated rings. The Bertz CT molecular complexity index is 1330. The molecule has 1 aliphatic heterocycles. The minimum Gasteiger partial charge on any atom is -0.504 e. The Morgan fingerprint density at radius 3 is 2.55 bits per heavy atom. The summed E-state index contributed by atoms with van der Waals surface area (Å²) in [6.45, 7) is 0. The molecule has 2 N–H and O–H groups in total. The fraction of sp³-hybridized carbons (Fsp3) is 0.227. The Morgan fingerprint density at radius 2 is 1.84 bits per heavy atom. The van der Waals surface area contributed by atoms with Crippen LogP contribution in [0.5, 0.6) is 17.4 Å². The fourth-order valence-electron chi connectivity index (χ4n) is 3.55. The predicted octanol–water partition coefficient (Wildman–Crippen LogP) is 2.86. The second-order valence-electron chi connectivity index (χ2n) is 7.17. The van der Waals surface area contributed by atoms with Crippen LogP contribution in [0.1, 0.15) is 22.8 Å². The molecule has 0 spiro atoms. The third kappa shape index (κ3) is 3.61. The molecule has 1 aromatic heterocycles. The monoisotopic (exact) mass is 439 g/mol. The Hall–Kier alpha value is -3.46. The molecule has 0 amide bonds. The summed E-state index contributed by atoms with van der Waals surface area (Å²) in [6, 6.07) is 12.7. The van der Waals surface area contributed by atoms with Crippen LogP contribution < -0.4 is 16.0 Å². The van der Waals surface area contributed by atoms with Gasteiger partial charge in [-0.3, -0.25) is 18.9 Å². The van der Waals surface area contributed by atoms with Gasteiger partial charge in [0.05, 0.1) is 18.5 Å². The van der Waals surface area contributed by atoms with Gasteiger partial charge in [0.15, 0.2) is 11.5 Å². The zero-order chi connectivity index (χ0) is 22.3. The summed E-state index contributed by atoms with van der Waals surface area (Å²) in [5.74, 6) is -0.0497. The Morgan fingerprint density at radius 1 is 1.10 bits per heavy atom. The number of hydrogen-bond donors (Lipinski definition) is 2. The molecule has 8 nitrogen and oxygen atoms in total. The van der Waals surface area contributed by atoms with E-state index in [9.17, 15) is 19.8 Å². The molecule has 0 radical (unpaired) electrons. The maximum absolute atomic E-state index is 12.9. The molecule has 9 heteroatoms. The first-order chi connectivity index (χ1) is 14.8. The van der Waals surface area contributed by atoms with Gasteiger partial charge in [-0.1, -0.05) is 18.2 Å². The number of para-hydroxylation sites is 1. The van der Waals surface area contributed by atoms with E-state index in [0.29, 0.717) is 23.6 Å². The van der Waals surface area contributed by atoms with Crippen LogP contribution in [0.4, 0.5) is 5.69 Å². The lowest BCUT2D eigenvalue weighted by Crippen LogP contribution is -2.40. The SMILES string of the molecule is COc1ccc([C@@H]2CC(c3c(O)n(C)c(=O)n(C)c3=O)=Nc3ccccc3S2)cc1O. The van der Waals surface area contributed by atoms with Crippen molar-refractivity contribution in [3.05, 3.63) is 74.4 Å². The third-order valence-corrected chi connectivity index (χ3v) is 6.59. The lowest BCUT2D eigenvalue weighted by molar-refractivity contribution is 0.373. The highest BCUT2D eigenvalue weighted by atomic mass is 32.2. The molecule has 2 aromatic carbocycles. The van der Waals surface area contributed by atoms with E-state index in [4.69, 9.17) is 9.73 Å². The van der Waals surface area contributed by atoms with Gasteiger partial charge in [-0.05, 0) is 29.8 Å². The number of hydrogen-bond acceptors (Lipinski definition) is 7. The number of phenolic OH excluding ortho intramolecular Hbond substituents is 1. The molecule has 0 unspecified atom stereocenters. The molecule has 4 rings (SSSR count). The zero-order valence-corrected chi connectivity index (χ0v) is 18.0. The number of methoxy groups -OCH3 is 1. The Kier molecular flexibility index (Phi) is 5.36. The molecular formula is C22H21N3O5S. The number of fused-ring (bicyclic) bond motifs is 1. The minimum absolute atomic E-state index is 0.00960. The third-order valence-electron chi connectivity index (χ3n) is 5.27. The molecule has 2 heterocycles. The van der Waals surface area contributed by atoms with Gasteiger partial charge >= 0.3 is 5.69 Å². The van der Waals surface area contributed by atoms with Crippen LogP contribution in [0.2, 0.25) is 0 Å². The van der Waals surface area contributed by atoms with Crippen LogP contribution >= 0.6 is 11.8 Å². The van der Waals surface area contributed by atoms with E-state index in [1.54, 1.807) is 23.9 Å². The summed E-state index contributed by atoms with van der Waals surface area (Å²) in [4.78, 5) is 30.7. The van der Waals surface area contributed by atoms with Gasteiger partial charge in [0, 0.05) is 30.7 Å². The maximum atomic E-state index is 12.9. The van der Waals surface area contributed by atoms with Crippen molar-refractivity contribution in [3.8, 4) is 17.4 Å². The predicted molar refractivity (Wildman–Crippen MR) is 119 cm³/mol. The van der Waals surface area contributed by atoms with Gasteiger partial charge in [0.25, 0.3) is 5.56 Å². The molecule has 160 valence electrons. The largest absolute Gasteiger partial charge is 0.504 e. The molecule has 0 bridgehead atoms. The number of benzene rings is 2. The molecule has 31 heavy (non-hydrogen) atoms. The highest BCUT2D eigenvalue weighted by molar-refractivity contribution is 7.99. The molecule has 0 aliphatic carbocycles. The van der Waals surface area contributed by atoms with Crippen molar-refractivity contribution < 1.29 is 14.9 Å². The second kappa shape index (κ2) is 7.99. The zero-order valence-electron chi connectivity index (χ0n) is 17.2. The van der Waals surface area contributed by atoms with Gasteiger partial charge in [-0.2, -0.15) is 0 Å². The molecule has 1 atom stereocenters. The van der Waals surface area contributed by atoms with E-state index in [1.165, 1.54) is 21.2 Å². The van der Waals surface area contributed by atoms with Crippen LogP contribution in [0.15, 0.2) is 61.9 Å². The standard InChI is InChI=1S/C22H21N3O5S/c1-24-20(27)19(21(28)25(2)22(24)29)14-11-18(12-8-9-16(30-3)15(26)10-12)31-17-7-5-4-6-13(17)23-14/h4-10,18,26-27H,11H2,1-3H3/t18-/m0/s1. The lowest BCUT2D eigenvalue weighted by atomic mass is 10.0. The van der Waals surface area contributed by atoms with Gasteiger partial charge in [0.2, 0.25) is 5.88 Å². The van der Waals surface area contributed by atoms with Crippen LogP contribution in [-0.4, -0.2) is 32.2 Å². The minimum atomic E-state index is -0.619. The average Bonchev–Trinajstić information content (AvgIpc) is 2.96. The second-order valence-corrected chi connectivity index (χ2v) is 8.42. The number of aromatic hydroxyl groups is 2. The quantitative estimate of drug-likeness (QED) is 0.650. The van der Waals surface area contributed by atoms with Crippen molar-refractivity contribution in [1.82, 2.24) is 9.13 Å². The van der Waals surface area contributed by atoms with E-state index >= 15 is 0 Å². The topological polar surface area (TPSA) is 106 Å². The van der Waals surface area contributed by atoms with Crippen molar-refractivity contribution in [1.29, 1.82) is 0 Å². The first kappa shape index (κ1) is 20.8. The Balaban J connectivity index is 1.91. The first-order valence-corrected chi connectivity index (χ1v) is 10.4. The van der Waals surface area contributed by atoms with Crippen LogP contribution in [0, 0.1) is 0 Å². The highest BCUT2D eigenvalue weighted by Gasteiger charge is 2.28. The number of rotatable bonds is 3. The van der Waals surface area contributed by atoms with Crippen LogP contribution in [0.25, 0.3) is 0 Å². The number of nitrogens with zero attached hydrogens (tertiary/aromatic N) is 3. The number of thioether (sulfide) groups is 1. The van der Waals surface area contributed by atoms with Crippen LogP contribution in [-0.2, 0) is 14.1 Å². The van der Waals surface area contributed by atoms with Crippen molar-refractivity contribution in [3.63, 3.8) is 0 Å². The van der Waals surface area contributed by atoms with Crippen molar-refractivity contribution in [2.45, 2.75) is 16.6 Å². The molecular weight excluding hydrogens is 418 g/mol. The highest BCUT2D eigenvalue weighted by Crippen LogP contribution is 2.46. The Labute approximate surface area is 182 Å². The molecule has 3 aromatic rings. The average molecular weight is 439 g/mol. The van der Waals surface area contributed by atoms with Crippen LogP contribution in [0.3, 0.4) is 0 Å². The van der Waals surface area contributed by atoms with E-state index < -0.39 is 17.1 Å². The lowest BCUT2D eigenvalue weighted by Gasteiger charge is -2.18. The number of aliphatic imine (C=N–C) groups is 1. The van der Waals surface area contributed by atoms with Gasteiger partial charge < -0.3 is 14.9 Å². The number of ether oxygens (including phenoxy) is 1. The van der Waals surface area contributed by atoms with E-state index in [-0.39, 0.29) is 16.6 Å². The van der Waals surface area contributed by atoms with E-state index in [0.717, 1.165) is 19.6 Å². The van der Waals surface area contributed by atoms with Crippen molar-refractivity contribution >= 4 is 23.2 Å². The summed E-state index contributed by atoms with van der Waals surface area (Å²) < 4.78 is 7.12. The summed E-state index contributed by atoms with van der Waals surface area (Å²) in [7, 11) is 4.25. The fourth-order valence-corrected chi connectivity index (χ4v) is 4.77. The van der Waals surface area contributed by atoms with Gasteiger partial charge in [0.1, 0.15) is 5.56 Å². The van der Waals surface area contributed by atoms with Crippen molar-refractivity contribution in [2.75, 3.05) is 7.11 Å². The molecule has 1 aliphatic rings. The summed E-state index contributed by atoms with van der Waals surface area (Å²) >= 11 is 1.55. The summed E-state index contributed by atoms with van der Waals surface area (Å²) in [5.41, 5.74) is 0.606. The summed E-state index contributed by atoms with van der Waals surface area (Å²) in [6.07, 6.45) is 0.298. The van der Waals surface area contributed by atoms with Gasteiger partial charge in [-0.25, -0.2) is 4.79 Å². The number of phenols is 1. The normalized spacial score (nSPS) is 15.7. The first-order valence-electron chi connectivity index (χ1n) is 9.51. The van der Waals surface area contributed by atoms with E-state index in [2.05, 4.69) is 0 Å². The van der Waals surface area contributed by atoms with Crippen molar-refractivity contribution in [2.24, 2.45) is 19.1 Å². The van der Waals surface area contributed by atoms with E-state index in [1.807, 2.05) is 30.3 Å². The smallest absolute Gasteiger partial charge is 0.333 e. The summed E-state index contributed by atoms with van der Waals surface area (Å²) in [5, 5.41) is 20.7.